The van der Waals surface area contributed by atoms with Crippen LogP contribution in [0, 0.1) is 6.92 Å². The average Bonchev–Trinajstić information content (AvgIpc) is 2.64. The SMILES string of the molecule is CCOc1cccc(N(CC(=O)NC(CC)c2ccc(C)cc2)S(C)(=O)=O)c1. The molecule has 0 fully saturated rings. The summed E-state index contributed by atoms with van der Waals surface area (Å²) in [5.74, 6) is 0.194. The van der Waals surface area contributed by atoms with Gasteiger partial charge in [0.2, 0.25) is 15.9 Å². The van der Waals surface area contributed by atoms with Crippen molar-refractivity contribution in [1.29, 1.82) is 0 Å². The van der Waals surface area contributed by atoms with E-state index in [1.54, 1.807) is 24.3 Å². The van der Waals surface area contributed by atoms with Gasteiger partial charge in [0.15, 0.2) is 0 Å². The molecule has 1 amide bonds. The number of amides is 1. The zero-order valence-electron chi connectivity index (χ0n) is 16.8. The van der Waals surface area contributed by atoms with E-state index in [1.807, 2.05) is 45.0 Å². The quantitative estimate of drug-likeness (QED) is 0.695. The molecule has 0 saturated carbocycles. The van der Waals surface area contributed by atoms with Crippen LogP contribution in [0.25, 0.3) is 0 Å². The number of ether oxygens (including phenoxy) is 1. The lowest BCUT2D eigenvalue weighted by molar-refractivity contribution is -0.120. The Morgan fingerprint density at radius 1 is 1.14 bits per heavy atom. The van der Waals surface area contributed by atoms with Crippen LogP contribution in [0.5, 0.6) is 5.75 Å². The Hall–Kier alpha value is -2.54. The predicted molar refractivity (Wildman–Crippen MR) is 112 cm³/mol. The number of benzene rings is 2. The first-order chi connectivity index (χ1) is 13.2. The molecule has 0 aliphatic heterocycles. The van der Waals surface area contributed by atoms with E-state index in [-0.39, 0.29) is 18.5 Å². The summed E-state index contributed by atoms with van der Waals surface area (Å²) in [7, 11) is -3.64. The van der Waals surface area contributed by atoms with E-state index in [2.05, 4.69) is 5.32 Å². The van der Waals surface area contributed by atoms with Gasteiger partial charge in [-0.25, -0.2) is 8.42 Å². The summed E-state index contributed by atoms with van der Waals surface area (Å²) < 4.78 is 31.1. The van der Waals surface area contributed by atoms with Crippen LogP contribution in [-0.2, 0) is 14.8 Å². The summed E-state index contributed by atoms with van der Waals surface area (Å²) in [6, 6.07) is 14.5. The van der Waals surface area contributed by atoms with E-state index in [9.17, 15) is 13.2 Å². The van der Waals surface area contributed by atoms with Gasteiger partial charge < -0.3 is 10.1 Å². The Balaban J connectivity index is 2.19. The Morgan fingerprint density at radius 2 is 1.82 bits per heavy atom. The second-order valence-electron chi connectivity index (χ2n) is 6.64. The molecule has 6 nitrogen and oxygen atoms in total. The van der Waals surface area contributed by atoms with E-state index in [0.717, 1.165) is 21.7 Å². The van der Waals surface area contributed by atoms with Gasteiger partial charge in [0.1, 0.15) is 12.3 Å². The minimum atomic E-state index is -3.64. The highest BCUT2D eigenvalue weighted by Gasteiger charge is 2.23. The zero-order valence-corrected chi connectivity index (χ0v) is 17.6. The predicted octanol–water partition coefficient (Wildman–Crippen LogP) is 3.43. The molecule has 0 saturated heterocycles. The van der Waals surface area contributed by atoms with Crippen LogP contribution < -0.4 is 14.4 Å². The minimum Gasteiger partial charge on any atom is -0.494 e. The molecular formula is C21H28N2O4S. The number of hydrogen-bond acceptors (Lipinski definition) is 4. The molecule has 1 unspecified atom stereocenters. The maximum atomic E-state index is 12.6. The molecule has 2 aromatic carbocycles. The van der Waals surface area contributed by atoms with Gasteiger partial charge in [0.25, 0.3) is 0 Å². The lowest BCUT2D eigenvalue weighted by atomic mass is 10.0. The van der Waals surface area contributed by atoms with E-state index in [1.165, 1.54) is 0 Å². The van der Waals surface area contributed by atoms with Crippen molar-refractivity contribution >= 4 is 21.6 Å². The zero-order chi connectivity index (χ0) is 20.7. The van der Waals surface area contributed by atoms with Crippen molar-refractivity contribution in [2.45, 2.75) is 33.2 Å². The molecule has 2 rings (SSSR count). The molecule has 0 aliphatic rings. The normalized spacial score (nSPS) is 12.3. The lowest BCUT2D eigenvalue weighted by Gasteiger charge is -2.24. The highest BCUT2D eigenvalue weighted by Crippen LogP contribution is 2.23. The van der Waals surface area contributed by atoms with E-state index >= 15 is 0 Å². The van der Waals surface area contributed by atoms with Crippen LogP contribution in [-0.4, -0.2) is 33.7 Å². The van der Waals surface area contributed by atoms with Crippen molar-refractivity contribution in [2.24, 2.45) is 0 Å². The maximum absolute atomic E-state index is 12.6. The van der Waals surface area contributed by atoms with Crippen LogP contribution in [0.2, 0.25) is 0 Å². The summed E-state index contributed by atoms with van der Waals surface area (Å²) >= 11 is 0. The topological polar surface area (TPSA) is 75.7 Å². The smallest absolute Gasteiger partial charge is 0.241 e. The van der Waals surface area contributed by atoms with E-state index in [0.29, 0.717) is 24.5 Å². The largest absolute Gasteiger partial charge is 0.494 e. The second kappa shape index (κ2) is 9.59. The number of rotatable bonds is 9. The van der Waals surface area contributed by atoms with Crippen LogP contribution in [0.3, 0.4) is 0 Å². The van der Waals surface area contributed by atoms with Gasteiger partial charge in [-0.05, 0) is 38.0 Å². The third kappa shape index (κ3) is 5.99. The number of sulfonamides is 1. The van der Waals surface area contributed by atoms with Gasteiger partial charge in [0, 0.05) is 6.07 Å². The van der Waals surface area contributed by atoms with Gasteiger partial charge in [-0.1, -0.05) is 42.8 Å². The highest BCUT2D eigenvalue weighted by molar-refractivity contribution is 7.92. The molecule has 0 radical (unpaired) electrons. The first-order valence-corrected chi connectivity index (χ1v) is 11.2. The van der Waals surface area contributed by atoms with Crippen LogP contribution in [0.15, 0.2) is 48.5 Å². The van der Waals surface area contributed by atoms with E-state index < -0.39 is 10.0 Å². The van der Waals surface area contributed by atoms with E-state index in [4.69, 9.17) is 4.74 Å². The fourth-order valence-corrected chi connectivity index (χ4v) is 3.73. The number of aryl methyl sites for hydroxylation is 1. The third-order valence-electron chi connectivity index (χ3n) is 4.33. The molecular weight excluding hydrogens is 376 g/mol. The van der Waals surface area contributed by atoms with Crippen molar-refractivity contribution < 1.29 is 17.9 Å². The Bertz CT molecular complexity index is 895. The molecule has 2 aromatic rings. The van der Waals surface area contributed by atoms with Gasteiger partial charge >= 0.3 is 0 Å². The molecule has 28 heavy (non-hydrogen) atoms. The molecule has 0 aliphatic carbocycles. The van der Waals surface area contributed by atoms with Gasteiger partial charge in [-0.15, -0.1) is 0 Å². The standard InChI is InChI=1S/C21H28N2O4S/c1-5-20(17-12-10-16(3)11-13-17)22-21(24)15-23(28(4,25)26)18-8-7-9-19(14-18)27-6-2/h7-14,20H,5-6,15H2,1-4H3,(H,22,24). The first kappa shape index (κ1) is 21.8. The molecule has 7 heteroatoms. The molecule has 0 heterocycles. The number of carbonyl (C=O) groups is 1. The van der Waals surface area contributed by atoms with Crippen LogP contribution in [0.1, 0.15) is 37.4 Å². The Morgan fingerprint density at radius 3 is 2.39 bits per heavy atom. The Kier molecular flexibility index (Phi) is 7.45. The van der Waals surface area contributed by atoms with Crippen molar-refractivity contribution in [1.82, 2.24) is 5.32 Å². The summed E-state index contributed by atoms with van der Waals surface area (Å²) in [4.78, 5) is 12.6. The number of hydrogen-bond donors (Lipinski definition) is 1. The van der Waals surface area contributed by atoms with Crippen molar-refractivity contribution in [3.63, 3.8) is 0 Å². The summed E-state index contributed by atoms with van der Waals surface area (Å²) in [6.07, 6.45) is 1.79. The summed E-state index contributed by atoms with van der Waals surface area (Å²) in [6.45, 7) is 6.01. The average molecular weight is 405 g/mol. The highest BCUT2D eigenvalue weighted by atomic mass is 32.2. The molecule has 1 N–H and O–H groups in total. The molecule has 0 bridgehead atoms. The number of carbonyl (C=O) groups excluding carboxylic acids is 1. The van der Waals surface area contributed by atoms with Gasteiger partial charge in [0.05, 0.1) is 24.6 Å². The second-order valence-corrected chi connectivity index (χ2v) is 8.55. The van der Waals surface area contributed by atoms with Crippen molar-refractivity contribution in [3.05, 3.63) is 59.7 Å². The fourth-order valence-electron chi connectivity index (χ4n) is 2.89. The number of nitrogens with zero attached hydrogens (tertiary/aromatic N) is 1. The number of anilines is 1. The maximum Gasteiger partial charge on any atom is 0.241 e. The lowest BCUT2D eigenvalue weighted by Crippen LogP contribution is -2.41. The molecule has 1 atom stereocenters. The first-order valence-electron chi connectivity index (χ1n) is 9.31. The number of nitrogens with one attached hydrogen (secondary N) is 1. The van der Waals surface area contributed by atoms with Gasteiger partial charge in [-0.3, -0.25) is 9.10 Å². The third-order valence-corrected chi connectivity index (χ3v) is 5.47. The molecule has 152 valence electrons. The molecule has 0 spiro atoms. The monoisotopic (exact) mass is 404 g/mol. The van der Waals surface area contributed by atoms with Crippen LogP contribution >= 0.6 is 0 Å². The Labute approximate surface area is 167 Å². The summed E-state index contributed by atoms with van der Waals surface area (Å²) in [5, 5.41) is 2.94. The fraction of sp³-hybridized carbons (Fsp3) is 0.381. The minimum absolute atomic E-state index is 0.177. The van der Waals surface area contributed by atoms with Crippen molar-refractivity contribution in [3.8, 4) is 5.75 Å². The van der Waals surface area contributed by atoms with Crippen molar-refractivity contribution in [2.75, 3.05) is 23.7 Å². The molecule has 0 aromatic heterocycles. The summed E-state index contributed by atoms with van der Waals surface area (Å²) in [5.41, 5.74) is 2.53. The van der Waals surface area contributed by atoms with Gasteiger partial charge in [-0.2, -0.15) is 0 Å². The van der Waals surface area contributed by atoms with Crippen LogP contribution in [0.4, 0.5) is 5.69 Å².